The van der Waals surface area contributed by atoms with Gasteiger partial charge in [-0.05, 0) is 38.6 Å². The van der Waals surface area contributed by atoms with Gasteiger partial charge in [0, 0.05) is 6.54 Å². The van der Waals surface area contributed by atoms with Crippen molar-refractivity contribution in [1.29, 1.82) is 0 Å². The number of nitrogens with zero attached hydrogens (tertiary/aromatic N) is 1. The third-order valence-corrected chi connectivity index (χ3v) is 3.25. The van der Waals surface area contributed by atoms with Crippen molar-refractivity contribution in [3.8, 4) is 0 Å². The molecule has 0 spiro atoms. The highest BCUT2D eigenvalue weighted by atomic mass is 16.3. The topological polar surface area (TPSA) is 45.5 Å². The molecule has 0 saturated carbocycles. The quantitative estimate of drug-likeness (QED) is 0.888. The Labute approximate surface area is 125 Å². The van der Waals surface area contributed by atoms with E-state index in [2.05, 4.69) is 5.32 Å². The first-order chi connectivity index (χ1) is 10.0. The number of benzene rings is 1. The molecule has 0 bridgehead atoms. The van der Waals surface area contributed by atoms with Crippen molar-refractivity contribution < 1.29 is 9.21 Å². The third-order valence-electron chi connectivity index (χ3n) is 3.25. The summed E-state index contributed by atoms with van der Waals surface area (Å²) in [5, 5.41) is 2.93. The Morgan fingerprint density at radius 1 is 1.14 bits per heavy atom. The molecule has 0 saturated heterocycles. The van der Waals surface area contributed by atoms with Gasteiger partial charge in [-0.15, -0.1) is 0 Å². The molecule has 4 heteroatoms. The molecule has 112 valence electrons. The molecule has 1 aromatic heterocycles. The Bertz CT molecular complexity index is 587. The van der Waals surface area contributed by atoms with E-state index < -0.39 is 0 Å². The van der Waals surface area contributed by atoms with E-state index in [1.807, 2.05) is 62.2 Å². The molecule has 2 aromatic rings. The van der Waals surface area contributed by atoms with Gasteiger partial charge in [-0.2, -0.15) is 0 Å². The van der Waals surface area contributed by atoms with E-state index in [1.54, 1.807) is 0 Å². The maximum Gasteiger partial charge on any atom is 0.234 e. The minimum absolute atomic E-state index is 0.0151. The molecule has 2 rings (SSSR count). The van der Waals surface area contributed by atoms with Crippen LogP contribution in [0.3, 0.4) is 0 Å². The van der Waals surface area contributed by atoms with E-state index in [-0.39, 0.29) is 5.91 Å². The fourth-order valence-electron chi connectivity index (χ4n) is 2.10. The van der Waals surface area contributed by atoms with Gasteiger partial charge < -0.3 is 9.73 Å². The second-order valence-electron chi connectivity index (χ2n) is 5.45. The first-order valence-electron chi connectivity index (χ1n) is 7.09. The average molecular weight is 286 g/mol. The van der Waals surface area contributed by atoms with Crippen LogP contribution in [-0.2, 0) is 17.9 Å². The maximum absolute atomic E-state index is 11.9. The van der Waals surface area contributed by atoms with E-state index in [0.29, 0.717) is 19.6 Å². The largest absolute Gasteiger partial charge is 0.465 e. The Morgan fingerprint density at radius 2 is 1.86 bits per heavy atom. The molecular weight excluding hydrogens is 264 g/mol. The summed E-state index contributed by atoms with van der Waals surface area (Å²) in [6, 6.07) is 12.0. The van der Waals surface area contributed by atoms with E-state index in [4.69, 9.17) is 4.42 Å². The molecule has 1 aromatic carbocycles. The van der Waals surface area contributed by atoms with Gasteiger partial charge in [-0.25, -0.2) is 0 Å². The summed E-state index contributed by atoms with van der Waals surface area (Å²) >= 11 is 0. The predicted molar refractivity (Wildman–Crippen MR) is 82.8 cm³/mol. The number of hydrogen-bond donors (Lipinski definition) is 1. The van der Waals surface area contributed by atoms with Gasteiger partial charge >= 0.3 is 0 Å². The van der Waals surface area contributed by atoms with Gasteiger partial charge in [0.1, 0.15) is 11.5 Å². The van der Waals surface area contributed by atoms with Gasteiger partial charge in [0.2, 0.25) is 5.91 Å². The number of nitrogens with one attached hydrogen (secondary N) is 1. The van der Waals surface area contributed by atoms with Crippen molar-refractivity contribution in [3.05, 3.63) is 59.0 Å². The highest BCUT2D eigenvalue weighted by Crippen LogP contribution is 2.08. The molecule has 0 aliphatic carbocycles. The number of carbonyl (C=O) groups excluding carboxylic acids is 1. The molecule has 1 N–H and O–H groups in total. The van der Waals surface area contributed by atoms with Gasteiger partial charge in [0.25, 0.3) is 0 Å². The lowest BCUT2D eigenvalue weighted by Crippen LogP contribution is -2.34. The van der Waals surface area contributed by atoms with Crippen molar-refractivity contribution in [2.75, 3.05) is 13.6 Å². The van der Waals surface area contributed by atoms with Crippen LogP contribution in [0.1, 0.15) is 22.6 Å². The third kappa shape index (κ3) is 5.08. The molecule has 0 aliphatic rings. The molecule has 1 heterocycles. The zero-order valence-electron chi connectivity index (χ0n) is 12.8. The molecule has 0 unspecified atom stereocenters. The van der Waals surface area contributed by atoms with E-state index in [9.17, 15) is 4.79 Å². The number of likely N-dealkylation sites (N-methyl/N-ethyl adjacent to an activating group) is 1. The second kappa shape index (κ2) is 7.09. The normalized spacial score (nSPS) is 10.9. The average Bonchev–Trinajstić information content (AvgIpc) is 2.83. The second-order valence-corrected chi connectivity index (χ2v) is 5.45. The van der Waals surface area contributed by atoms with E-state index >= 15 is 0 Å². The van der Waals surface area contributed by atoms with Crippen molar-refractivity contribution >= 4 is 5.91 Å². The molecular formula is C17H22N2O2. The summed E-state index contributed by atoms with van der Waals surface area (Å²) in [5.74, 6) is 1.78. The van der Waals surface area contributed by atoms with Crippen molar-refractivity contribution in [2.45, 2.75) is 26.9 Å². The Morgan fingerprint density at radius 3 is 2.48 bits per heavy atom. The number of rotatable bonds is 6. The number of aryl methyl sites for hydroxylation is 2. The fraction of sp³-hybridized carbons (Fsp3) is 0.353. The monoisotopic (exact) mass is 286 g/mol. The number of carbonyl (C=O) groups is 1. The van der Waals surface area contributed by atoms with Crippen LogP contribution in [-0.4, -0.2) is 24.4 Å². The summed E-state index contributed by atoms with van der Waals surface area (Å²) < 4.78 is 5.50. The lowest BCUT2D eigenvalue weighted by molar-refractivity contribution is -0.122. The lowest BCUT2D eigenvalue weighted by atomic mass is 10.1. The predicted octanol–water partition coefficient (Wildman–Crippen LogP) is 2.64. The summed E-state index contributed by atoms with van der Waals surface area (Å²) in [5.41, 5.74) is 2.33. The highest BCUT2D eigenvalue weighted by molar-refractivity contribution is 5.77. The van der Waals surface area contributed by atoms with Crippen LogP contribution in [0.15, 0.2) is 40.8 Å². The first kappa shape index (κ1) is 15.3. The van der Waals surface area contributed by atoms with Crippen molar-refractivity contribution in [1.82, 2.24) is 10.2 Å². The smallest absolute Gasteiger partial charge is 0.234 e. The fourth-order valence-corrected chi connectivity index (χ4v) is 2.10. The molecule has 0 fully saturated rings. The van der Waals surface area contributed by atoms with Gasteiger partial charge in [0.15, 0.2) is 0 Å². The Balaban J connectivity index is 1.74. The first-order valence-corrected chi connectivity index (χ1v) is 7.09. The van der Waals surface area contributed by atoms with Gasteiger partial charge in [0.05, 0.1) is 13.1 Å². The zero-order chi connectivity index (χ0) is 15.2. The van der Waals surface area contributed by atoms with E-state index in [1.165, 1.54) is 5.56 Å². The van der Waals surface area contributed by atoms with E-state index in [0.717, 1.165) is 17.1 Å². The minimum Gasteiger partial charge on any atom is -0.465 e. The molecule has 4 nitrogen and oxygen atoms in total. The van der Waals surface area contributed by atoms with Crippen LogP contribution < -0.4 is 5.32 Å². The summed E-state index contributed by atoms with van der Waals surface area (Å²) in [6.07, 6.45) is 0. The van der Waals surface area contributed by atoms with Crippen molar-refractivity contribution in [2.24, 2.45) is 0 Å². The molecule has 0 aliphatic heterocycles. The van der Waals surface area contributed by atoms with Crippen LogP contribution in [0, 0.1) is 13.8 Å². The summed E-state index contributed by atoms with van der Waals surface area (Å²) in [4.78, 5) is 13.8. The summed E-state index contributed by atoms with van der Waals surface area (Å²) in [7, 11) is 1.91. The standard InChI is InChI=1S/C17H22N2O2/c1-13-4-7-15(8-5-13)10-18-17(20)12-19(3)11-16-9-6-14(2)21-16/h4-9H,10-12H2,1-3H3,(H,18,20). The number of amides is 1. The SMILES string of the molecule is Cc1ccc(CNC(=O)CN(C)Cc2ccc(C)o2)cc1. The van der Waals surface area contributed by atoms with Crippen LogP contribution in [0.2, 0.25) is 0 Å². The van der Waals surface area contributed by atoms with Crippen LogP contribution >= 0.6 is 0 Å². The molecule has 21 heavy (non-hydrogen) atoms. The molecule has 0 atom stereocenters. The Hall–Kier alpha value is -2.07. The van der Waals surface area contributed by atoms with Gasteiger partial charge in [-0.1, -0.05) is 29.8 Å². The van der Waals surface area contributed by atoms with Crippen LogP contribution in [0.5, 0.6) is 0 Å². The summed E-state index contributed by atoms with van der Waals surface area (Å²) in [6.45, 7) is 5.51. The molecule has 0 radical (unpaired) electrons. The highest BCUT2D eigenvalue weighted by Gasteiger charge is 2.08. The number of hydrogen-bond acceptors (Lipinski definition) is 3. The molecule has 1 amide bonds. The van der Waals surface area contributed by atoms with Gasteiger partial charge in [-0.3, -0.25) is 9.69 Å². The van der Waals surface area contributed by atoms with Crippen LogP contribution in [0.4, 0.5) is 0 Å². The zero-order valence-corrected chi connectivity index (χ0v) is 12.8. The van der Waals surface area contributed by atoms with Crippen molar-refractivity contribution in [3.63, 3.8) is 0 Å². The number of furan rings is 1. The lowest BCUT2D eigenvalue weighted by Gasteiger charge is -2.14. The maximum atomic E-state index is 11.9. The Kier molecular flexibility index (Phi) is 5.17. The minimum atomic E-state index is 0.0151. The van der Waals surface area contributed by atoms with Crippen LogP contribution in [0.25, 0.3) is 0 Å².